The smallest absolute Gasteiger partial charge is 0.236 e. The van der Waals surface area contributed by atoms with Gasteiger partial charge in [0.15, 0.2) is 4.34 Å². The van der Waals surface area contributed by atoms with Gasteiger partial charge in [-0.25, -0.2) is 0 Å². The molecule has 0 unspecified atom stereocenters. The van der Waals surface area contributed by atoms with Gasteiger partial charge in [-0.2, -0.15) is 5.26 Å². The van der Waals surface area contributed by atoms with Crippen LogP contribution in [-0.2, 0) is 16.3 Å². The second kappa shape index (κ2) is 9.73. The van der Waals surface area contributed by atoms with Gasteiger partial charge in [0, 0.05) is 17.1 Å². The highest BCUT2D eigenvalue weighted by Crippen LogP contribution is 2.28. The zero-order valence-electron chi connectivity index (χ0n) is 15.3. The van der Waals surface area contributed by atoms with Crippen LogP contribution in [0.4, 0.5) is 5.13 Å². The van der Waals surface area contributed by atoms with Gasteiger partial charge >= 0.3 is 0 Å². The van der Waals surface area contributed by atoms with E-state index in [9.17, 15) is 4.79 Å². The molecule has 28 heavy (non-hydrogen) atoms. The SMILES string of the molecule is Cc1noc(C)c1CSCC(=O)Nc1nnc(SCc2ccc(C#N)cc2)s1. The Morgan fingerprint density at radius 1 is 1.25 bits per heavy atom. The first-order chi connectivity index (χ1) is 13.5. The largest absolute Gasteiger partial charge is 0.361 e. The van der Waals surface area contributed by atoms with E-state index in [1.54, 1.807) is 23.9 Å². The van der Waals surface area contributed by atoms with Gasteiger partial charge in [-0.15, -0.1) is 22.0 Å². The van der Waals surface area contributed by atoms with Gasteiger partial charge in [0.25, 0.3) is 0 Å². The quantitative estimate of drug-likeness (QED) is 0.418. The standard InChI is InChI=1S/C18H17N5O2S3/c1-11-15(12(2)25-23-11)9-26-10-16(24)20-17-21-22-18(28-17)27-8-14-5-3-13(7-19)4-6-14/h3-6H,8-10H2,1-2H3,(H,20,21,24). The fourth-order valence-corrected chi connectivity index (χ4v) is 4.95. The van der Waals surface area contributed by atoms with Gasteiger partial charge in [0.2, 0.25) is 11.0 Å². The highest BCUT2D eigenvalue weighted by molar-refractivity contribution is 8.00. The van der Waals surface area contributed by atoms with Crippen molar-refractivity contribution in [3.8, 4) is 6.07 Å². The molecule has 1 amide bonds. The Labute approximate surface area is 174 Å². The van der Waals surface area contributed by atoms with Crippen LogP contribution in [0.3, 0.4) is 0 Å². The molecule has 0 aliphatic heterocycles. The third kappa shape index (κ3) is 5.58. The number of anilines is 1. The van der Waals surface area contributed by atoms with Gasteiger partial charge in [0.1, 0.15) is 5.76 Å². The molecule has 0 saturated carbocycles. The molecule has 0 aliphatic carbocycles. The zero-order valence-corrected chi connectivity index (χ0v) is 17.7. The van der Waals surface area contributed by atoms with Crippen LogP contribution in [0.15, 0.2) is 33.1 Å². The second-order valence-electron chi connectivity index (χ2n) is 5.81. The molecule has 3 rings (SSSR count). The third-order valence-electron chi connectivity index (χ3n) is 3.76. The van der Waals surface area contributed by atoms with Crippen molar-refractivity contribution in [2.75, 3.05) is 11.1 Å². The average molecular weight is 432 g/mol. The van der Waals surface area contributed by atoms with Crippen LogP contribution in [-0.4, -0.2) is 27.0 Å². The van der Waals surface area contributed by atoms with Crippen molar-refractivity contribution in [2.24, 2.45) is 0 Å². The topological polar surface area (TPSA) is 105 Å². The Hall–Kier alpha value is -2.35. The number of benzene rings is 1. The summed E-state index contributed by atoms with van der Waals surface area (Å²) >= 11 is 4.39. The van der Waals surface area contributed by atoms with Gasteiger partial charge in [-0.05, 0) is 31.5 Å². The number of aryl methyl sites for hydroxylation is 2. The lowest BCUT2D eigenvalue weighted by Gasteiger charge is -2.01. The minimum absolute atomic E-state index is 0.114. The van der Waals surface area contributed by atoms with Crippen LogP contribution in [0.1, 0.15) is 28.1 Å². The molecule has 144 valence electrons. The van der Waals surface area contributed by atoms with Crippen LogP contribution >= 0.6 is 34.9 Å². The van der Waals surface area contributed by atoms with Gasteiger partial charge in [-0.1, -0.05) is 40.4 Å². The van der Waals surface area contributed by atoms with E-state index in [1.807, 2.05) is 26.0 Å². The summed E-state index contributed by atoms with van der Waals surface area (Å²) in [5.74, 6) is 2.39. The highest BCUT2D eigenvalue weighted by Gasteiger charge is 2.12. The van der Waals surface area contributed by atoms with Crippen molar-refractivity contribution >= 4 is 45.9 Å². The van der Waals surface area contributed by atoms with Crippen LogP contribution in [0.5, 0.6) is 0 Å². The number of aromatic nitrogens is 3. The summed E-state index contributed by atoms with van der Waals surface area (Å²) in [6, 6.07) is 9.53. The molecule has 2 heterocycles. The summed E-state index contributed by atoms with van der Waals surface area (Å²) in [5, 5.41) is 24.1. The normalized spacial score (nSPS) is 10.6. The molecule has 1 N–H and O–H groups in total. The molecule has 0 atom stereocenters. The number of carbonyl (C=O) groups excluding carboxylic acids is 1. The first-order valence-electron chi connectivity index (χ1n) is 8.30. The molecule has 0 radical (unpaired) electrons. The number of nitrogens with one attached hydrogen (secondary N) is 1. The first kappa shape index (κ1) is 20.4. The predicted molar refractivity (Wildman–Crippen MR) is 111 cm³/mol. The van der Waals surface area contributed by atoms with E-state index < -0.39 is 0 Å². The number of carbonyl (C=O) groups is 1. The van der Waals surface area contributed by atoms with Crippen LogP contribution in [0.2, 0.25) is 0 Å². The van der Waals surface area contributed by atoms with Crippen molar-refractivity contribution in [1.29, 1.82) is 5.26 Å². The molecule has 1 aromatic carbocycles. The summed E-state index contributed by atoms with van der Waals surface area (Å²) in [6.45, 7) is 3.76. The van der Waals surface area contributed by atoms with Crippen molar-refractivity contribution in [2.45, 2.75) is 29.7 Å². The van der Waals surface area contributed by atoms with Crippen molar-refractivity contribution < 1.29 is 9.32 Å². The number of rotatable bonds is 8. The number of hydrogen-bond acceptors (Lipinski definition) is 9. The molecule has 0 bridgehead atoms. The van der Waals surface area contributed by atoms with Gasteiger partial charge in [-0.3, -0.25) is 10.1 Å². The number of thioether (sulfide) groups is 2. The molecule has 0 spiro atoms. The molecule has 0 saturated heterocycles. The summed E-state index contributed by atoms with van der Waals surface area (Å²) in [7, 11) is 0. The molecule has 10 heteroatoms. The van der Waals surface area contributed by atoms with E-state index in [1.165, 1.54) is 23.1 Å². The van der Waals surface area contributed by atoms with Crippen molar-refractivity contribution in [3.63, 3.8) is 0 Å². The lowest BCUT2D eigenvalue weighted by Crippen LogP contribution is -2.14. The second-order valence-corrected chi connectivity index (χ2v) is 9.00. The van der Waals surface area contributed by atoms with Crippen LogP contribution in [0, 0.1) is 25.2 Å². The lowest BCUT2D eigenvalue weighted by atomic mass is 10.2. The highest BCUT2D eigenvalue weighted by atomic mass is 32.2. The Kier molecular flexibility index (Phi) is 7.08. The molecule has 0 aliphatic rings. The fourth-order valence-electron chi connectivity index (χ4n) is 2.25. The zero-order chi connectivity index (χ0) is 19.9. The minimum atomic E-state index is -0.114. The first-order valence-corrected chi connectivity index (χ1v) is 11.3. The lowest BCUT2D eigenvalue weighted by molar-refractivity contribution is -0.113. The summed E-state index contributed by atoms with van der Waals surface area (Å²) in [6.07, 6.45) is 0. The number of hydrogen-bond donors (Lipinski definition) is 1. The van der Waals surface area contributed by atoms with E-state index in [4.69, 9.17) is 9.78 Å². The van der Waals surface area contributed by atoms with Gasteiger partial charge < -0.3 is 4.52 Å². The average Bonchev–Trinajstić information content (AvgIpc) is 3.27. The van der Waals surface area contributed by atoms with Crippen LogP contribution < -0.4 is 5.32 Å². The Morgan fingerprint density at radius 3 is 2.71 bits per heavy atom. The number of nitriles is 1. The molecule has 0 fully saturated rings. The third-order valence-corrected chi connectivity index (χ3v) is 6.76. The maximum Gasteiger partial charge on any atom is 0.236 e. The van der Waals surface area contributed by atoms with Crippen LogP contribution in [0.25, 0.3) is 0 Å². The molecule has 3 aromatic rings. The summed E-state index contributed by atoms with van der Waals surface area (Å²) < 4.78 is 5.90. The van der Waals surface area contributed by atoms with Gasteiger partial charge in [0.05, 0.1) is 23.1 Å². The Balaban J connectivity index is 1.43. The molecular weight excluding hydrogens is 414 g/mol. The van der Waals surface area contributed by atoms with Crippen molar-refractivity contribution in [3.05, 3.63) is 52.4 Å². The maximum absolute atomic E-state index is 12.1. The van der Waals surface area contributed by atoms with E-state index in [0.717, 1.165) is 32.7 Å². The van der Waals surface area contributed by atoms with Crippen molar-refractivity contribution in [1.82, 2.24) is 15.4 Å². The monoisotopic (exact) mass is 431 g/mol. The van der Waals surface area contributed by atoms with E-state index in [2.05, 4.69) is 26.7 Å². The molecular formula is C18H17N5O2S3. The minimum Gasteiger partial charge on any atom is -0.361 e. The van der Waals surface area contributed by atoms with E-state index in [-0.39, 0.29) is 5.91 Å². The Morgan fingerprint density at radius 2 is 2.04 bits per heavy atom. The van der Waals surface area contributed by atoms with E-state index >= 15 is 0 Å². The number of nitrogens with zero attached hydrogens (tertiary/aromatic N) is 4. The fraction of sp³-hybridized carbons (Fsp3) is 0.278. The number of amides is 1. The Bertz CT molecular complexity index is 972. The van der Waals surface area contributed by atoms with E-state index in [0.29, 0.717) is 22.2 Å². The predicted octanol–water partition coefficient (Wildman–Crippen LogP) is 4.18. The maximum atomic E-state index is 12.1. The summed E-state index contributed by atoms with van der Waals surface area (Å²) in [5.41, 5.74) is 3.64. The molecule has 2 aromatic heterocycles. The summed E-state index contributed by atoms with van der Waals surface area (Å²) in [4.78, 5) is 12.1. The molecule has 7 nitrogen and oxygen atoms in total.